The molecule has 2 aromatic rings. The molecule has 0 saturated carbocycles. The Kier molecular flexibility index (Phi) is 4.68. The number of thioether (sulfide) groups is 1. The molecule has 0 amide bonds. The van der Waals surface area contributed by atoms with Crippen molar-refractivity contribution in [2.24, 2.45) is 5.92 Å². The molecule has 1 aliphatic rings. The Morgan fingerprint density at radius 3 is 3.00 bits per heavy atom. The van der Waals surface area contributed by atoms with Gasteiger partial charge in [-0.15, -0.1) is 10.2 Å². The third-order valence-electron chi connectivity index (χ3n) is 3.66. The molecule has 1 unspecified atom stereocenters. The number of sulfone groups is 1. The molecule has 1 atom stereocenters. The van der Waals surface area contributed by atoms with Gasteiger partial charge in [0.2, 0.25) is 5.89 Å². The standard InChI is InChI=1S/C15H15N3O3S2/c16-8-11-2-1-3-12(6-11)9-22-15-18-17-14(21-15)7-13-4-5-23(19,20)10-13/h1-3,6,13H,4-5,7,9-10H2. The van der Waals surface area contributed by atoms with Gasteiger partial charge in [-0.1, -0.05) is 23.9 Å². The van der Waals surface area contributed by atoms with Crippen LogP contribution in [0.4, 0.5) is 0 Å². The van der Waals surface area contributed by atoms with E-state index >= 15 is 0 Å². The number of nitrogens with zero attached hydrogens (tertiary/aromatic N) is 3. The maximum absolute atomic E-state index is 11.5. The van der Waals surface area contributed by atoms with E-state index in [9.17, 15) is 8.42 Å². The third kappa shape index (κ3) is 4.33. The van der Waals surface area contributed by atoms with E-state index < -0.39 is 9.84 Å². The largest absolute Gasteiger partial charge is 0.416 e. The molecule has 0 aliphatic carbocycles. The summed E-state index contributed by atoms with van der Waals surface area (Å²) in [7, 11) is -2.88. The minimum absolute atomic E-state index is 0.0746. The van der Waals surface area contributed by atoms with Crippen LogP contribution in [-0.2, 0) is 22.0 Å². The second-order valence-electron chi connectivity index (χ2n) is 5.54. The average molecular weight is 349 g/mol. The summed E-state index contributed by atoms with van der Waals surface area (Å²) in [5.74, 6) is 1.65. The summed E-state index contributed by atoms with van der Waals surface area (Å²) < 4.78 is 28.5. The highest BCUT2D eigenvalue weighted by Crippen LogP contribution is 2.25. The second-order valence-corrected chi connectivity index (χ2v) is 8.69. The van der Waals surface area contributed by atoms with Crippen LogP contribution in [0.2, 0.25) is 0 Å². The van der Waals surface area contributed by atoms with E-state index in [1.54, 1.807) is 6.07 Å². The Hall–Kier alpha value is -1.85. The van der Waals surface area contributed by atoms with Crippen molar-refractivity contribution in [3.8, 4) is 6.07 Å². The van der Waals surface area contributed by atoms with Crippen LogP contribution in [-0.4, -0.2) is 30.1 Å². The molecule has 3 rings (SSSR count). The van der Waals surface area contributed by atoms with Gasteiger partial charge in [-0.3, -0.25) is 0 Å². The Morgan fingerprint density at radius 2 is 2.26 bits per heavy atom. The van der Waals surface area contributed by atoms with Crippen LogP contribution in [0, 0.1) is 17.2 Å². The molecule has 23 heavy (non-hydrogen) atoms. The molecular weight excluding hydrogens is 334 g/mol. The Balaban J connectivity index is 1.56. The van der Waals surface area contributed by atoms with E-state index in [1.807, 2.05) is 18.2 Å². The molecule has 1 aromatic carbocycles. The van der Waals surface area contributed by atoms with Gasteiger partial charge < -0.3 is 4.42 Å². The van der Waals surface area contributed by atoms with Gasteiger partial charge in [0, 0.05) is 12.2 Å². The van der Waals surface area contributed by atoms with Crippen LogP contribution in [0.5, 0.6) is 0 Å². The lowest BCUT2D eigenvalue weighted by Gasteiger charge is -2.02. The number of rotatable bonds is 5. The van der Waals surface area contributed by atoms with Crippen LogP contribution >= 0.6 is 11.8 Å². The highest BCUT2D eigenvalue weighted by atomic mass is 32.2. The van der Waals surface area contributed by atoms with Gasteiger partial charge in [-0.05, 0) is 30.0 Å². The zero-order valence-electron chi connectivity index (χ0n) is 12.3. The van der Waals surface area contributed by atoms with Crippen LogP contribution < -0.4 is 0 Å². The highest BCUT2D eigenvalue weighted by Gasteiger charge is 2.29. The lowest BCUT2D eigenvalue weighted by atomic mass is 10.1. The minimum Gasteiger partial charge on any atom is -0.416 e. The van der Waals surface area contributed by atoms with Crippen molar-refractivity contribution >= 4 is 21.6 Å². The van der Waals surface area contributed by atoms with Crippen LogP contribution in [0.1, 0.15) is 23.4 Å². The molecule has 8 heteroatoms. The van der Waals surface area contributed by atoms with E-state index in [2.05, 4.69) is 16.3 Å². The van der Waals surface area contributed by atoms with Crippen LogP contribution in [0.3, 0.4) is 0 Å². The number of hydrogen-bond donors (Lipinski definition) is 0. The highest BCUT2D eigenvalue weighted by molar-refractivity contribution is 7.98. The summed E-state index contributed by atoms with van der Waals surface area (Å²) in [6, 6.07) is 9.47. The molecule has 1 aromatic heterocycles. The topological polar surface area (TPSA) is 96.9 Å². The van der Waals surface area contributed by atoms with Gasteiger partial charge in [0.15, 0.2) is 9.84 Å². The van der Waals surface area contributed by atoms with Gasteiger partial charge in [0.1, 0.15) is 0 Å². The Morgan fingerprint density at radius 1 is 1.39 bits per heavy atom. The molecule has 0 radical (unpaired) electrons. The fourth-order valence-corrected chi connectivity index (χ4v) is 5.12. The predicted octanol–water partition coefficient (Wildman–Crippen LogP) is 2.21. The van der Waals surface area contributed by atoms with Crippen molar-refractivity contribution in [1.82, 2.24) is 10.2 Å². The molecular formula is C15H15N3O3S2. The Bertz CT molecular complexity index is 840. The number of hydrogen-bond acceptors (Lipinski definition) is 7. The van der Waals surface area contributed by atoms with Crippen molar-refractivity contribution < 1.29 is 12.8 Å². The number of benzene rings is 1. The van der Waals surface area contributed by atoms with Gasteiger partial charge in [0.25, 0.3) is 5.22 Å². The SMILES string of the molecule is N#Cc1cccc(CSc2nnc(CC3CCS(=O)(=O)C3)o2)c1. The molecule has 0 spiro atoms. The summed E-state index contributed by atoms with van der Waals surface area (Å²) in [5.41, 5.74) is 1.63. The van der Waals surface area contributed by atoms with Gasteiger partial charge >= 0.3 is 0 Å². The van der Waals surface area contributed by atoms with E-state index in [4.69, 9.17) is 9.68 Å². The quantitative estimate of drug-likeness (QED) is 0.763. The maximum atomic E-state index is 11.5. The lowest BCUT2D eigenvalue weighted by molar-refractivity contribution is 0.389. The molecule has 0 N–H and O–H groups in total. The van der Waals surface area contributed by atoms with Gasteiger partial charge in [-0.25, -0.2) is 8.42 Å². The smallest absolute Gasteiger partial charge is 0.276 e. The first kappa shape index (κ1) is 16.0. The summed E-state index contributed by atoms with van der Waals surface area (Å²) >= 11 is 1.40. The average Bonchev–Trinajstić information content (AvgIpc) is 3.12. The second kappa shape index (κ2) is 6.72. The fraction of sp³-hybridized carbons (Fsp3) is 0.400. The van der Waals surface area contributed by atoms with Crippen molar-refractivity contribution in [2.45, 2.75) is 23.8 Å². The van der Waals surface area contributed by atoms with Crippen molar-refractivity contribution in [3.63, 3.8) is 0 Å². The van der Waals surface area contributed by atoms with Gasteiger partial charge in [-0.2, -0.15) is 5.26 Å². The van der Waals surface area contributed by atoms with Crippen LogP contribution in [0.25, 0.3) is 0 Å². The maximum Gasteiger partial charge on any atom is 0.276 e. The zero-order valence-corrected chi connectivity index (χ0v) is 13.9. The molecule has 2 heterocycles. The van der Waals surface area contributed by atoms with Crippen molar-refractivity contribution in [1.29, 1.82) is 5.26 Å². The molecule has 1 aliphatic heterocycles. The van der Waals surface area contributed by atoms with E-state index in [1.165, 1.54) is 11.8 Å². The molecule has 120 valence electrons. The van der Waals surface area contributed by atoms with E-state index in [-0.39, 0.29) is 17.4 Å². The van der Waals surface area contributed by atoms with Crippen LogP contribution in [0.15, 0.2) is 33.9 Å². The van der Waals surface area contributed by atoms with E-state index in [0.29, 0.717) is 35.3 Å². The first-order chi connectivity index (χ1) is 11.0. The molecule has 1 saturated heterocycles. The first-order valence-corrected chi connectivity index (χ1v) is 9.99. The molecule has 6 nitrogen and oxygen atoms in total. The van der Waals surface area contributed by atoms with Crippen molar-refractivity contribution in [2.75, 3.05) is 11.5 Å². The summed E-state index contributed by atoms with van der Waals surface area (Å²) in [5, 5.41) is 17.3. The third-order valence-corrected chi connectivity index (χ3v) is 6.38. The first-order valence-electron chi connectivity index (χ1n) is 7.19. The Labute approximate surface area is 138 Å². The number of aromatic nitrogens is 2. The summed E-state index contributed by atoms with van der Waals surface area (Å²) in [4.78, 5) is 0. The van der Waals surface area contributed by atoms with Gasteiger partial charge in [0.05, 0.1) is 23.1 Å². The molecule has 0 bridgehead atoms. The summed E-state index contributed by atoms with van der Waals surface area (Å²) in [6.07, 6.45) is 1.17. The summed E-state index contributed by atoms with van der Waals surface area (Å²) in [6.45, 7) is 0. The fourth-order valence-electron chi connectivity index (χ4n) is 2.53. The number of nitriles is 1. The molecule has 1 fully saturated rings. The predicted molar refractivity (Wildman–Crippen MR) is 85.5 cm³/mol. The zero-order chi connectivity index (χ0) is 16.3. The van der Waals surface area contributed by atoms with Crippen molar-refractivity contribution in [3.05, 3.63) is 41.3 Å². The normalized spacial score (nSPS) is 19.5. The lowest BCUT2D eigenvalue weighted by Crippen LogP contribution is -2.07. The minimum atomic E-state index is -2.88. The van der Waals surface area contributed by atoms with E-state index in [0.717, 1.165) is 5.56 Å². The monoisotopic (exact) mass is 349 g/mol.